The normalized spacial score (nSPS) is 20.6. The fraction of sp³-hybridized carbons (Fsp3) is 0.706. The second kappa shape index (κ2) is 7.34. The molecule has 1 aromatic heterocycles. The summed E-state index contributed by atoms with van der Waals surface area (Å²) in [6.45, 7) is 10.9. The zero-order valence-corrected chi connectivity index (χ0v) is 14.8. The van der Waals surface area contributed by atoms with Crippen LogP contribution in [0.3, 0.4) is 0 Å². The van der Waals surface area contributed by atoms with E-state index in [1.807, 2.05) is 24.6 Å². The number of likely N-dealkylation sites (tertiary alicyclic amines) is 1. The molecule has 0 unspecified atom stereocenters. The monoisotopic (exact) mass is 332 g/mol. The number of hydrogen-bond donors (Lipinski definition) is 1. The number of ether oxygens (including phenoxy) is 1. The van der Waals surface area contributed by atoms with Crippen molar-refractivity contribution in [1.82, 2.24) is 25.0 Å². The third-order valence-electron chi connectivity index (χ3n) is 5.25. The Hall–Kier alpha value is -1.89. The first-order valence-electron chi connectivity index (χ1n) is 8.70. The van der Waals surface area contributed by atoms with Crippen molar-refractivity contribution in [2.45, 2.75) is 32.7 Å². The topological polar surface area (TPSA) is 67.6 Å². The molecule has 24 heavy (non-hydrogen) atoms. The third kappa shape index (κ3) is 3.61. The van der Waals surface area contributed by atoms with Gasteiger partial charge < -0.3 is 19.5 Å². The molecule has 0 radical (unpaired) electrons. The van der Waals surface area contributed by atoms with Gasteiger partial charge >= 0.3 is 0 Å². The average Bonchev–Trinajstić information content (AvgIpc) is 3.14. The highest BCUT2D eigenvalue weighted by atomic mass is 16.5. The standard InChI is InChI=1S/C17H28N6O/c1-4-8-18-16(19-12-15-21-20-14(2)22(15)3)23-9-5-17(13-23)6-10-24-11-7-17/h4H,1,5-13H2,2-3H3,(H,18,19). The van der Waals surface area contributed by atoms with Crippen molar-refractivity contribution >= 4 is 5.96 Å². The zero-order valence-electron chi connectivity index (χ0n) is 14.8. The van der Waals surface area contributed by atoms with E-state index in [2.05, 4.69) is 27.0 Å². The Morgan fingerprint density at radius 1 is 1.38 bits per heavy atom. The first-order chi connectivity index (χ1) is 11.6. The molecule has 132 valence electrons. The summed E-state index contributed by atoms with van der Waals surface area (Å²) in [5.74, 6) is 2.73. The van der Waals surface area contributed by atoms with Crippen LogP contribution in [0.2, 0.25) is 0 Å². The van der Waals surface area contributed by atoms with Gasteiger partial charge in [-0.1, -0.05) is 6.08 Å². The van der Waals surface area contributed by atoms with Crippen LogP contribution in [0, 0.1) is 12.3 Å². The highest BCUT2D eigenvalue weighted by molar-refractivity contribution is 5.80. The van der Waals surface area contributed by atoms with Crippen molar-refractivity contribution in [2.75, 3.05) is 32.8 Å². The Kier molecular flexibility index (Phi) is 5.18. The second-order valence-electron chi connectivity index (χ2n) is 6.82. The lowest BCUT2D eigenvalue weighted by Crippen LogP contribution is -2.42. The highest BCUT2D eigenvalue weighted by Crippen LogP contribution is 2.39. The van der Waals surface area contributed by atoms with Gasteiger partial charge in [-0.15, -0.1) is 16.8 Å². The molecule has 2 fully saturated rings. The van der Waals surface area contributed by atoms with Crippen LogP contribution in [0.5, 0.6) is 0 Å². The summed E-state index contributed by atoms with van der Waals surface area (Å²) in [7, 11) is 1.98. The summed E-state index contributed by atoms with van der Waals surface area (Å²) in [4.78, 5) is 7.17. The summed E-state index contributed by atoms with van der Waals surface area (Å²) in [5.41, 5.74) is 0.399. The van der Waals surface area contributed by atoms with Gasteiger partial charge in [-0.2, -0.15) is 0 Å². The molecule has 3 rings (SSSR count). The van der Waals surface area contributed by atoms with Crippen molar-refractivity contribution in [3.8, 4) is 0 Å². The van der Waals surface area contributed by atoms with Crippen LogP contribution in [0.1, 0.15) is 30.9 Å². The number of nitrogens with zero attached hydrogens (tertiary/aromatic N) is 5. The van der Waals surface area contributed by atoms with Crippen LogP contribution >= 0.6 is 0 Å². The van der Waals surface area contributed by atoms with Crippen molar-refractivity contribution in [3.63, 3.8) is 0 Å². The van der Waals surface area contributed by atoms with Crippen LogP contribution in [-0.4, -0.2) is 58.5 Å². The summed E-state index contributed by atoms with van der Waals surface area (Å²) in [5, 5.41) is 11.7. The molecule has 1 N–H and O–H groups in total. The maximum atomic E-state index is 5.54. The maximum absolute atomic E-state index is 5.54. The van der Waals surface area contributed by atoms with Crippen molar-refractivity contribution in [1.29, 1.82) is 0 Å². The molecule has 2 saturated heterocycles. The second-order valence-corrected chi connectivity index (χ2v) is 6.82. The number of rotatable bonds is 4. The molecule has 0 amide bonds. The maximum Gasteiger partial charge on any atom is 0.194 e. The number of hydrogen-bond acceptors (Lipinski definition) is 4. The van der Waals surface area contributed by atoms with Gasteiger partial charge in [0.15, 0.2) is 11.8 Å². The van der Waals surface area contributed by atoms with Gasteiger partial charge in [-0.05, 0) is 31.6 Å². The zero-order chi connectivity index (χ0) is 17.0. The number of nitrogens with one attached hydrogen (secondary N) is 1. The molecule has 2 aliphatic heterocycles. The van der Waals surface area contributed by atoms with Gasteiger partial charge in [-0.3, -0.25) is 0 Å². The predicted octanol–water partition coefficient (Wildman–Crippen LogP) is 1.26. The predicted molar refractivity (Wildman–Crippen MR) is 93.8 cm³/mol. The quantitative estimate of drug-likeness (QED) is 0.511. The van der Waals surface area contributed by atoms with Gasteiger partial charge in [0.05, 0.1) is 0 Å². The van der Waals surface area contributed by atoms with Crippen LogP contribution < -0.4 is 5.32 Å². The van der Waals surface area contributed by atoms with E-state index in [4.69, 9.17) is 9.73 Å². The Morgan fingerprint density at radius 2 is 2.17 bits per heavy atom. The van der Waals surface area contributed by atoms with Crippen LogP contribution in [0.25, 0.3) is 0 Å². The van der Waals surface area contributed by atoms with Gasteiger partial charge in [0.2, 0.25) is 0 Å². The van der Waals surface area contributed by atoms with E-state index in [1.165, 1.54) is 6.42 Å². The number of aliphatic imine (C=N–C) groups is 1. The van der Waals surface area contributed by atoms with E-state index in [1.54, 1.807) is 0 Å². The molecule has 1 aromatic rings. The Morgan fingerprint density at radius 3 is 2.83 bits per heavy atom. The van der Waals surface area contributed by atoms with Crippen molar-refractivity contribution in [3.05, 3.63) is 24.3 Å². The minimum absolute atomic E-state index is 0.399. The first kappa shape index (κ1) is 17.0. The van der Waals surface area contributed by atoms with Gasteiger partial charge in [-0.25, -0.2) is 4.99 Å². The summed E-state index contributed by atoms with van der Waals surface area (Å²) in [6, 6.07) is 0. The van der Waals surface area contributed by atoms with Gasteiger partial charge in [0.1, 0.15) is 12.4 Å². The van der Waals surface area contributed by atoms with E-state index in [9.17, 15) is 0 Å². The molecule has 0 bridgehead atoms. The number of aryl methyl sites for hydroxylation is 1. The fourth-order valence-corrected chi connectivity index (χ4v) is 3.49. The summed E-state index contributed by atoms with van der Waals surface area (Å²) < 4.78 is 7.53. The largest absolute Gasteiger partial charge is 0.381 e. The Labute approximate surface area is 143 Å². The fourth-order valence-electron chi connectivity index (χ4n) is 3.49. The molecule has 0 atom stereocenters. The lowest BCUT2D eigenvalue weighted by atomic mass is 9.80. The number of aromatic nitrogens is 3. The minimum Gasteiger partial charge on any atom is -0.381 e. The summed E-state index contributed by atoms with van der Waals surface area (Å²) >= 11 is 0. The van der Waals surface area contributed by atoms with Crippen LogP contribution in [-0.2, 0) is 18.3 Å². The SMILES string of the molecule is C=CCNC(=NCc1nnc(C)n1C)N1CCC2(CCOCC2)C1. The van der Waals surface area contributed by atoms with E-state index >= 15 is 0 Å². The Balaban J connectivity index is 1.70. The van der Waals surface area contributed by atoms with E-state index in [0.717, 1.165) is 56.8 Å². The molecule has 2 aliphatic rings. The highest BCUT2D eigenvalue weighted by Gasteiger charge is 2.40. The minimum atomic E-state index is 0.399. The van der Waals surface area contributed by atoms with E-state index in [-0.39, 0.29) is 0 Å². The molecule has 7 nitrogen and oxygen atoms in total. The van der Waals surface area contributed by atoms with E-state index in [0.29, 0.717) is 18.5 Å². The van der Waals surface area contributed by atoms with Crippen LogP contribution in [0.4, 0.5) is 0 Å². The summed E-state index contributed by atoms with van der Waals surface area (Å²) in [6.07, 6.45) is 5.39. The lowest BCUT2D eigenvalue weighted by molar-refractivity contribution is 0.0218. The smallest absolute Gasteiger partial charge is 0.194 e. The molecule has 0 aliphatic carbocycles. The molecule has 3 heterocycles. The molecule has 0 saturated carbocycles. The average molecular weight is 332 g/mol. The van der Waals surface area contributed by atoms with Crippen molar-refractivity contribution < 1.29 is 4.74 Å². The third-order valence-corrected chi connectivity index (χ3v) is 5.25. The molecular weight excluding hydrogens is 304 g/mol. The molecular formula is C17H28N6O. The Bertz CT molecular complexity index is 602. The molecule has 0 aromatic carbocycles. The van der Waals surface area contributed by atoms with Gasteiger partial charge in [0, 0.05) is 39.9 Å². The number of guanidine groups is 1. The van der Waals surface area contributed by atoms with E-state index < -0.39 is 0 Å². The lowest BCUT2D eigenvalue weighted by Gasteiger charge is -2.33. The molecule has 1 spiro atoms. The van der Waals surface area contributed by atoms with Crippen molar-refractivity contribution in [2.24, 2.45) is 17.5 Å². The molecule has 7 heteroatoms. The first-order valence-corrected chi connectivity index (χ1v) is 8.70. The van der Waals surface area contributed by atoms with Gasteiger partial charge in [0.25, 0.3) is 0 Å². The van der Waals surface area contributed by atoms with Crippen LogP contribution in [0.15, 0.2) is 17.6 Å².